The maximum Gasteiger partial charge on any atom is 0.231 e. The lowest BCUT2D eigenvalue weighted by Gasteiger charge is -2.15. The topological polar surface area (TPSA) is 43.4 Å². The fourth-order valence-corrected chi connectivity index (χ4v) is 1.97. The lowest BCUT2D eigenvalue weighted by atomic mass is 10.1. The Labute approximate surface area is 106 Å². The van der Waals surface area contributed by atoms with Gasteiger partial charge in [0.2, 0.25) is 6.79 Å². The first kappa shape index (κ1) is 10.9. The zero-order chi connectivity index (χ0) is 12.4. The molecule has 4 nitrogen and oxygen atoms in total. The molecule has 1 N–H and O–H groups in total. The molecule has 1 atom stereocenters. The van der Waals surface area contributed by atoms with Gasteiger partial charge in [0.05, 0.1) is 0 Å². The summed E-state index contributed by atoms with van der Waals surface area (Å²) in [5.41, 5.74) is 2.21. The zero-order valence-electron chi connectivity index (χ0n) is 10.1. The van der Waals surface area contributed by atoms with Crippen molar-refractivity contribution in [2.24, 2.45) is 0 Å². The van der Waals surface area contributed by atoms with Gasteiger partial charge in [0.15, 0.2) is 11.5 Å². The minimum absolute atomic E-state index is 0.216. The Morgan fingerprint density at radius 3 is 2.72 bits per heavy atom. The van der Waals surface area contributed by atoms with Crippen LogP contribution in [0.4, 0.5) is 5.69 Å². The van der Waals surface area contributed by atoms with E-state index < -0.39 is 0 Å². The number of anilines is 1. The Morgan fingerprint density at radius 2 is 1.89 bits per heavy atom. The number of pyridine rings is 1. The quantitative estimate of drug-likeness (QED) is 0.898. The summed E-state index contributed by atoms with van der Waals surface area (Å²) in [5, 5.41) is 3.42. The van der Waals surface area contributed by atoms with E-state index in [0.717, 1.165) is 17.2 Å². The molecular weight excluding hydrogens is 228 g/mol. The van der Waals surface area contributed by atoms with Crippen molar-refractivity contribution in [3.05, 3.63) is 48.3 Å². The van der Waals surface area contributed by atoms with Crippen molar-refractivity contribution in [3.63, 3.8) is 0 Å². The Morgan fingerprint density at radius 1 is 1.11 bits per heavy atom. The Bertz CT molecular complexity index is 543. The van der Waals surface area contributed by atoms with Gasteiger partial charge in [0.1, 0.15) is 0 Å². The van der Waals surface area contributed by atoms with E-state index in [0.29, 0.717) is 6.79 Å². The molecule has 0 bridgehead atoms. The number of rotatable bonds is 3. The summed E-state index contributed by atoms with van der Waals surface area (Å²) in [6.45, 7) is 2.42. The summed E-state index contributed by atoms with van der Waals surface area (Å²) in [6.07, 6.45) is 3.60. The van der Waals surface area contributed by atoms with Crippen LogP contribution in [0.3, 0.4) is 0 Å². The molecular formula is C14H14N2O2. The molecule has 0 saturated carbocycles. The maximum absolute atomic E-state index is 5.35. The molecule has 0 spiro atoms. The van der Waals surface area contributed by atoms with Gasteiger partial charge in [-0.15, -0.1) is 0 Å². The largest absolute Gasteiger partial charge is 0.454 e. The first-order valence-electron chi connectivity index (χ1n) is 5.89. The third-order valence-electron chi connectivity index (χ3n) is 2.96. The highest BCUT2D eigenvalue weighted by Crippen LogP contribution is 2.35. The van der Waals surface area contributed by atoms with Crippen LogP contribution in [0.5, 0.6) is 11.5 Å². The molecule has 0 aliphatic carbocycles. The van der Waals surface area contributed by atoms with Gasteiger partial charge in [-0.05, 0) is 36.8 Å². The van der Waals surface area contributed by atoms with Crippen molar-refractivity contribution in [3.8, 4) is 11.5 Å². The first-order chi connectivity index (χ1) is 8.83. The van der Waals surface area contributed by atoms with Crippen molar-refractivity contribution < 1.29 is 9.47 Å². The summed E-state index contributed by atoms with van der Waals surface area (Å²) >= 11 is 0. The molecule has 3 rings (SSSR count). The van der Waals surface area contributed by atoms with Crippen molar-refractivity contribution in [1.82, 2.24) is 4.98 Å². The number of benzene rings is 1. The third-order valence-corrected chi connectivity index (χ3v) is 2.96. The van der Waals surface area contributed by atoms with Gasteiger partial charge in [-0.25, -0.2) is 0 Å². The van der Waals surface area contributed by atoms with Crippen LogP contribution >= 0.6 is 0 Å². The molecule has 1 aromatic carbocycles. The second-order valence-corrected chi connectivity index (χ2v) is 4.21. The van der Waals surface area contributed by atoms with E-state index >= 15 is 0 Å². The van der Waals surface area contributed by atoms with Crippen molar-refractivity contribution in [1.29, 1.82) is 0 Å². The fraction of sp³-hybridized carbons (Fsp3) is 0.214. The minimum Gasteiger partial charge on any atom is -0.454 e. The summed E-state index contributed by atoms with van der Waals surface area (Å²) in [4.78, 5) is 4.02. The minimum atomic E-state index is 0.216. The Balaban J connectivity index is 1.77. The van der Waals surface area contributed by atoms with Crippen LogP contribution in [0.25, 0.3) is 0 Å². The number of hydrogen-bond acceptors (Lipinski definition) is 4. The van der Waals surface area contributed by atoms with Crippen molar-refractivity contribution in [2.75, 3.05) is 12.1 Å². The highest BCUT2D eigenvalue weighted by molar-refractivity contribution is 5.56. The van der Waals surface area contributed by atoms with Gasteiger partial charge in [-0.1, -0.05) is 0 Å². The summed E-state index contributed by atoms with van der Waals surface area (Å²) in [5.74, 6) is 1.60. The van der Waals surface area contributed by atoms with E-state index in [1.165, 1.54) is 5.56 Å². The van der Waals surface area contributed by atoms with E-state index in [2.05, 4.69) is 17.2 Å². The van der Waals surface area contributed by atoms with Crippen LogP contribution in [0.1, 0.15) is 18.5 Å². The molecule has 92 valence electrons. The number of nitrogens with zero attached hydrogens (tertiary/aromatic N) is 1. The molecule has 0 radical (unpaired) electrons. The van der Waals surface area contributed by atoms with E-state index in [-0.39, 0.29) is 6.04 Å². The van der Waals surface area contributed by atoms with Crippen LogP contribution in [0, 0.1) is 0 Å². The zero-order valence-corrected chi connectivity index (χ0v) is 10.1. The summed E-state index contributed by atoms with van der Waals surface area (Å²) < 4.78 is 10.6. The molecule has 1 aliphatic rings. The SMILES string of the molecule is CC(Nc1ccc2c(c1)OCO2)c1ccncc1. The van der Waals surface area contributed by atoms with Crippen molar-refractivity contribution >= 4 is 5.69 Å². The maximum atomic E-state index is 5.35. The molecule has 1 aliphatic heterocycles. The highest BCUT2D eigenvalue weighted by Gasteiger charge is 2.14. The van der Waals surface area contributed by atoms with Gasteiger partial charge in [0, 0.05) is 30.2 Å². The Hall–Kier alpha value is -2.23. The molecule has 2 aromatic rings. The van der Waals surface area contributed by atoms with Gasteiger partial charge < -0.3 is 14.8 Å². The van der Waals surface area contributed by atoms with Crippen LogP contribution in [-0.4, -0.2) is 11.8 Å². The second-order valence-electron chi connectivity index (χ2n) is 4.21. The average molecular weight is 242 g/mol. The lowest BCUT2D eigenvalue weighted by Crippen LogP contribution is -2.06. The van der Waals surface area contributed by atoms with Gasteiger partial charge in [-0.3, -0.25) is 4.98 Å². The van der Waals surface area contributed by atoms with Crippen LogP contribution in [-0.2, 0) is 0 Å². The normalized spacial score (nSPS) is 14.3. The van der Waals surface area contributed by atoms with Gasteiger partial charge in [-0.2, -0.15) is 0 Å². The van der Waals surface area contributed by atoms with E-state index in [1.807, 2.05) is 30.3 Å². The molecule has 18 heavy (non-hydrogen) atoms. The standard InChI is InChI=1S/C14H14N2O2/c1-10(11-4-6-15-7-5-11)16-12-2-3-13-14(8-12)18-9-17-13/h2-8,10,16H,9H2,1H3. The number of fused-ring (bicyclic) bond motifs is 1. The molecule has 0 amide bonds. The van der Waals surface area contributed by atoms with Crippen LogP contribution in [0.2, 0.25) is 0 Å². The highest BCUT2D eigenvalue weighted by atomic mass is 16.7. The van der Waals surface area contributed by atoms with E-state index in [4.69, 9.17) is 9.47 Å². The summed E-state index contributed by atoms with van der Waals surface area (Å²) in [6, 6.07) is 10.1. The number of aromatic nitrogens is 1. The van der Waals surface area contributed by atoms with E-state index in [1.54, 1.807) is 12.4 Å². The number of hydrogen-bond donors (Lipinski definition) is 1. The fourth-order valence-electron chi connectivity index (χ4n) is 1.97. The van der Waals surface area contributed by atoms with Gasteiger partial charge >= 0.3 is 0 Å². The van der Waals surface area contributed by atoms with Crippen LogP contribution in [0.15, 0.2) is 42.7 Å². The second kappa shape index (κ2) is 4.56. The molecule has 2 heterocycles. The molecule has 0 fully saturated rings. The monoisotopic (exact) mass is 242 g/mol. The molecule has 1 unspecified atom stereocenters. The predicted molar refractivity (Wildman–Crippen MR) is 68.8 cm³/mol. The Kier molecular flexibility index (Phi) is 2.76. The molecule has 1 aromatic heterocycles. The lowest BCUT2D eigenvalue weighted by molar-refractivity contribution is 0.174. The van der Waals surface area contributed by atoms with E-state index in [9.17, 15) is 0 Å². The predicted octanol–water partition coefficient (Wildman–Crippen LogP) is 2.98. The summed E-state index contributed by atoms with van der Waals surface area (Å²) in [7, 11) is 0. The van der Waals surface area contributed by atoms with Crippen LogP contribution < -0.4 is 14.8 Å². The number of ether oxygens (including phenoxy) is 2. The molecule has 4 heteroatoms. The smallest absolute Gasteiger partial charge is 0.231 e. The van der Waals surface area contributed by atoms with Gasteiger partial charge in [0.25, 0.3) is 0 Å². The number of nitrogens with one attached hydrogen (secondary N) is 1. The third kappa shape index (κ3) is 2.09. The molecule has 0 saturated heterocycles. The first-order valence-corrected chi connectivity index (χ1v) is 5.89. The van der Waals surface area contributed by atoms with Crippen molar-refractivity contribution in [2.45, 2.75) is 13.0 Å². The average Bonchev–Trinajstić information content (AvgIpc) is 2.87.